The smallest absolute Gasteiger partial charge is 0.158 e. The number of hydrogen-bond donors (Lipinski definition) is 1. The molecule has 0 amide bonds. The first-order chi connectivity index (χ1) is 9.56. The van der Waals surface area contributed by atoms with Crippen LogP contribution in [0.25, 0.3) is 10.9 Å². The highest BCUT2D eigenvalue weighted by molar-refractivity contribution is 7.09. The Morgan fingerprint density at radius 1 is 1.40 bits per heavy atom. The van der Waals surface area contributed by atoms with Crippen molar-refractivity contribution in [1.29, 1.82) is 0 Å². The molecule has 2 aromatic heterocycles. The van der Waals surface area contributed by atoms with E-state index in [2.05, 4.69) is 21.9 Å². The van der Waals surface area contributed by atoms with Gasteiger partial charge in [-0.2, -0.15) is 5.10 Å². The Bertz CT molecular complexity index is 758. The molecule has 0 fully saturated rings. The van der Waals surface area contributed by atoms with Crippen LogP contribution in [0, 0.1) is 6.92 Å². The first-order valence-corrected chi connectivity index (χ1v) is 7.26. The Kier molecular flexibility index (Phi) is 3.10. The molecule has 0 saturated carbocycles. The predicted octanol–water partition coefficient (Wildman–Crippen LogP) is 2.56. The fourth-order valence-corrected chi connectivity index (χ4v) is 2.91. The van der Waals surface area contributed by atoms with Crippen LogP contribution in [0.1, 0.15) is 10.6 Å². The quantitative estimate of drug-likeness (QED) is 0.752. The van der Waals surface area contributed by atoms with Gasteiger partial charge in [0.2, 0.25) is 0 Å². The molecule has 5 nitrogen and oxygen atoms in total. The number of fused-ring (bicyclic) bond motifs is 1. The van der Waals surface area contributed by atoms with Gasteiger partial charge in [-0.1, -0.05) is 0 Å². The molecule has 0 saturated heterocycles. The van der Waals surface area contributed by atoms with Gasteiger partial charge in [-0.3, -0.25) is 4.68 Å². The molecule has 3 aromatic rings. The minimum Gasteiger partial charge on any atom is -0.399 e. The normalized spacial score (nSPS) is 11.2. The summed E-state index contributed by atoms with van der Waals surface area (Å²) in [6.45, 7) is 2.85. The van der Waals surface area contributed by atoms with Crippen molar-refractivity contribution in [3.63, 3.8) is 0 Å². The summed E-state index contributed by atoms with van der Waals surface area (Å²) in [6, 6.07) is 5.89. The first-order valence-electron chi connectivity index (χ1n) is 6.38. The topological polar surface area (TPSA) is 60.0 Å². The van der Waals surface area contributed by atoms with E-state index in [-0.39, 0.29) is 0 Å². The van der Waals surface area contributed by atoms with Crippen LogP contribution in [-0.2, 0) is 13.6 Å². The Balaban J connectivity index is 1.99. The third-order valence-corrected chi connectivity index (χ3v) is 4.25. The number of aryl methyl sites for hydroxylation is 2. The largest absolute Gasteiger partial charge is 0.399 e. The Morgan fingerprint density at radius 3 is 2.90 bits per heavy atom. The molecule has 0 unspecified atom stereocenters. The van der Waals surface area contributed by atoms with Gasteiger partial charge >= 0.3 is 0 Å². The summed E-state index contributed by atoms with van der Waals surface area (Å²) in [5.74, 6) is 0.954. The van der Waals surface area contributed by atoms with Crippen molar-refractivity contribution in [3.05, 3.63) is 34.3 Å². The van der Waals surface area contributed by atoms with E-state index in [1.165, 1.54) is 4.88 Å². The second kappa shape index (κ2) is 4.79. The zero-order valence-electron chi connectivity index (χ0n) is 11.8. The van der Waals surface area contributed by atoms with Crippen LogP contribution >= 0.6 is 11.3 Å². The highest BCUT2D eigenvalue weighted by Crippen LogP contribution is 2.27. The lowest BCUT2D eigenvalue weighted by Crippen LogP contribution is -2.18. The molecule has 0 aliphatic rings. The summed E-state index contributed by atoms with van der Waals surface area (Å²) in [5.41, 5.74) is 10.6. The van der Waals surface area contributed by atoms with Crippen molar-refractivity contribution in [2.75, 3.05) is 17.7 Å². The SMILES string of the molecule is Cc1scnc1CN(C)c1nn(C)c2cc(N)ccc12. The Morgan fingerprint density at radius 2 is 2.20 bits per heavy atom. The summed E-state index contributed by atoms with van der Waals surface area (Å²) in [7, 11) is 3.98. The molecule has 6 heteroatoms. The fraction of sp³-hybridized carbons (Fsp3) is 0.286. The van der Waals surface area contributed by atoms with E-state index >= 15 is 0 Å². The predicted molar refractivity (Wildman–Crippen MR) is 84.1 cm³/mol. The molecule has 0 aliphatic heterocycles. The van der Waals surface area contributed by atoms with Gasteiger partial charge in [-0.25, -0.2) is 4.98 Å². The second-order valence-electron chi connectivity index (χ2n) is 4.94. The fourth-order valence-electron chi connectivity index (χ4n) is 2.32. The molecular formula is C14H17N5S. The summed E-state index contributed by atoms with van der Waals surface area (Å²) in [6.07, 6.45) is 0. The van der Waals surface area contributed by atoms with Crippen LogP contribution in [0.5, 0.6) is 0 Å². The third-order valence-electron chi connectivity index (χ3n) is 3.45. The van der Waals surface area contributed by atoms with E-state index in [9.17, 15) is 0 Å². The number of anilines is 2. The molecule has 0 bridgehead atoms. The van der Waals surface area contributed by atoms with Crippen LogP contribution < -0.4 is 10.6 Å². The van der Waals surface area contributed by atoms with Gasteiger partial charge in [0, 0.05) is 30.0 Å². The third kappa shape index (κ3) is 2.12. The van der Waals surface area contributed by atoms with Crippen LogP contribution in [-0.4, -0.2) is 21.8 Å². The molecule has 0 spiro atoms. The summed E-state index contributed by atoms with van der Waals surface area (Å²) >= 11 is 1.67. The number of benzene rings is 1. The molecule has 2 heterocycles. The minimum atomic E-state index is 0.755. The van der Waals surface area contributed by atoms with Crippen molar-refractivity contribution >= 4 is 33.7 Å². The van der Waals surface area contributed by atoms with Crippen LogP contribution in [0.4, 0.5) is 11.5 Å². The number of hydrogen-bond acceptors (Lipinski definition) is 5. The van der Waals surface area contributed by atoms with E-state index in [0.717, 1.165) is 34.6 Å². The monoisotopic (exact) mass is 287 g/mol. The number of thiazole rings is 1. The maximum Gasteiger partial charge on any atom is 0.158 e. The number of aromatic nitrogens is 3. The second-order valence-corrected chi connectivity index (χ2v) is 5.99. The lowest BCUT2D eigenvalue weighted by Gasteiger charge is -2.15. The highest BCUT2D eigenvalue weighted by atomic mass is 32.1. The lowest BCUT2D eigenvalue weighted by atomic mass is 10.2. The van der Waals surface area contributed by atoms with E-state index in [0.29, 0.717) is 0 Å². The number of nitrogens with two attached hydrogens (primary N) is 1. The van der Waals surface area contributed by atoms with Gasteiger partial charge in [-0.05, 0) is 25.1 Å². The molecule has 0 atom stereocenters. The average Bonchev–Trinajstić information content (AvgIpc) is 2.95. The zero-order valence-corrected chi connectivity index (χ0v) is 12.6. The van der Waals surface area contributed by atoms with Gasteiger partial charge in [0.1, 0.15) is 0 Å². The minimum absolute atomic E-state index is 0.755. The molecule has 1 aromatic carbocycles. The number of nitrogens with zero attached hydrogens (tertiary/aromatic N) is 4. The molecule has 0 radical (unpaired) electrons. The molecule has 3 rings (SSSR count). The van der Waals surface area contributed by atoms with Crippen LogP contribution in [0.2, 0.25) is 0 Å². The molecule has 20 heavy (non-hydrogen) atoms. The van der Waals surface area contributed by atoms with E-state index in [1.807, 2.05) is 42.5 Å². The number of nitrogen functional groups attached to an aromatic ring is 1. The molecule has 104 valence electrons. The van der Waals surface area contributed by atoms with Crippen molar-refractivity contribution < 1.29 is 0 Å². The molecule has 0 aliphatic carbocycles. The summed E-state index contributed by atoms with van der Waals surface area (Å²) < 4.78 is 1.87. The highest BCUT2D eigenvalue weighted by Gasteiger charge is 2.14. The molecular weight excluding hydrogens is 270 g/mol. The van der Waals surface area contributed by atoms with Crippen LogP contribution in [0.15, 0.2) is 23.7 Å². The standard InChI is InChI=1S/C14H17N5S/c1-9-12(16-8-20-9)7-18(2)14-11-5-4-10(15)6-13(11)19(3)17-14/h4-6,8H,7,15H2,1-3H3. The van der Waals surface area contributed by atoms with Gasteiger partial charge in [-0.15, -0.1) is 11.3 Å². The van der Waals surface area contributed by atoms with E-state index in [1.54, 1.807) is 11.3 Å². The maximum atomic E-state index is 5.84. The first kappa shape index (κ1) is 12.9. The average molecular weight is 287 g/mol. The maximum absolute atomic E-state index is 5.84. The van der Waals surface area contributed by atoms with Gasteiger partial charge < -0.3 is 10.6 Å². The number of rotatable bonds is 3. The lowest BCUT2D eigenvalue weighted by molar-refractivity contribution is 0.770. The van der Waals surface area contributed by atoms with E-state index < -0.39 is 0 Å². The van der Waals surface area contributed by atoms with Gasteiger partial charge in [0.25, 0.3) is 0 Å². The van der Waals surface area contributed by atoms with Crippen LogP contribution in [0.3, 0.4) is 0 Å². The van der Waals surface area contributed by atoms with Crippen molar-refractivity contribution in [3.8, 4) is 0 Å². The Hall–Kier alpha value is -2.08. The Labute approximate surface area is 121 Å². The van der Waals surface area contributed by atoms with Crippen molar-refractivity contribution in [2.45, 2.75) is 13.5 Å². The molecule has 2 N–H and O–H groups in total. The van der Waals surface area contributed by atoms with Crippen molar-refractivity contribution in [2.24, 2.45) is 7.05 Å². The summed E-state index contributed by atoms with van der Waals surface area (Å²) in [4.78, 5) is 7.78. The van der Waals surface area contributed by atoms with E-state index in [4.69, 9.17) is 5.73 Å². The van der Waals surface area contributed by atoms with Gasteiger partial charge in [0.05, 0.1) is 23.3 Å². The summed E-state index contributed by atoms with van der Waals surface area (Å²) in [5, 5.41) is 5.71. The van der Waals surface area contributed by atoms with Gasteiger partial charge in [0.15, 0.2) is 5.82 Å². The zero-order chi connectivity index (χ0) is 14.3. The van der Waals surface area contributed by atoms with Crippen molar-refractivity contribution in [1.82, 2.24) is 14.8 Å².